The normalized spacial score (nSPS) is 15.1. The second-order valence-electron chi connectivity index (χ2n) is 5.56. The van der Waals surface area contributed by atoms with E-state index in [9.17, 15) is 18.0 Å². The van der Waals surface area contributed by atoms with Crippen molar-refractivity contribution in [3.8, 4) is 0 Å². The number of amides is 1. The van der Waals surface area contributed by atoms with Crippen molar-refractivity contribution in [2.75, 3.05) is 18.4 Å². The largest absolute Gasteiger partial charge is 0.416 e. The lowest BCUT2D eigenvalue weighted by molar-refractivity contribution is -0.137. The minimum atomic E-state index is -4.54. The zero-order valence-electron chi connectivity index (χ0n) is 13.4. The molecule has 1 aromatic rings. The topological polar surface area (TPSA) is 77.0 Å². The minimum Gasteiger partial charge on any atom is -0.342 e. The highest BCUT2D eigenvalue weighted by atomic mass is 35.5. The Hall–Kier alpha value is -1.91. The predicted molar refractivity (Wildman–Crippen MR) is 95.5 cm³/mol. The van der Waals surface area contributed by atoms with Gasteiger partial charge in [0.2, 0.25) is 5.91 Å². The van der Waals surface area contributed by atoms with Gasteiger partial charge in [-0.1, -0.05) is 11.6 Å². The van der Waals surface area contributed by atoms with Gasteiger partial charge in [0.25, 0.3) is 0 Å². The van der Waals surface area contributed by atoms with E-state index in [1.807, 2.05) is 0 Å². The number of amidine groups is 1. The average Bonchev–Trinajstić information content (AvgIpc) is 3.09. The first-order valence-corrected chi connectivity index (χ1v) is 8.42. The van der Waals surface area contributed by atoms with Crippen LogP contribution in [0.25, 0.3) is 0 Å². The van der Waals surface area contributed by atoms with Gasteiger partial charge >= 0.3 is 6.18 Å². The molecule has 1 aliphatic rings. The van der Waals surface area contributed by atoms with E-state index in [-0.39, 0.29) is 34.0 Å². The van der Waals surface area contributed by atoms with E-state index in [1.54, 1.807) is 10.4 Å². The monoisotopic (exact) mass is 408 g/mol. The molecule has 1 aromatic carbocycles. The van der Waals surface area contributed by atoms with Crippen LogP contribution in [0.15, 0.2) is 23.2 Å². The van der Waals surface area contributed by atoms with Gasteiger partial charge in [-0.05, 0) is 43.3 Å². The van der Waals surface area contributed by atoms with E-state index in [0.717, 1.165) is 31.0 Å². The number of aliphatic imine (C=N–C) groups is 1. The van der Waals surface area contributed by atoms with E-state index in [0.29, 0.717) is 13.1 Å². The van der Waals surface area contributed by atoms with Crippen LogP contribution in [0.1, 0.15) is 24.8 Å². The van der Waals surface area contributed by atoms with Gasteiger partial charge in [-0.25, -0.2) is 4.99 Å². The zero-order valence-corrected chi connectivity index (χ0v) is 15.0. The fourth-order valence-electron chi connectivity index (χ4n) is 2.39. The summed E-state index contributed by atoms with van der Waals surface area (Å²) in [6, 6.07) is 2.72. The van der Waals surface area contributed by atoms with E-state index >= 15 is 0 Å². The van der Waals surface area contributed by atoms with Crippen molar-refractivity contribution in [1.82, 2.24) is 10.4 Å². The second kappa shape index (κ2) is 8.65. The first kappa shape index (κ1) is 20.4. The number of alkyl halides is 3. The summed E-state index contributed by atoms with van der Waals surface area (Å²) in [6.45, 7) is 1.28. The molecule has 3 N–H and O–H groups in total. The van der Waals surface area contributed by atoms with Gasteiger partial charge in [-0.3, -0.25) is 15.5 Å². The molecule has 2 rings (SSSR count). The summed E-state index contributed by atoms with van der Waals surface area (Å²) in [5.74, 6) is -0.356. The third-order valence-electron chi connectivity index (χ3n) is 3.68. The summed E-state index contributed by atoms with van der Waals surface area (Å²) < 4.78 is 38.3. The maximum Gasteiger partial charge on any atom is 0.416 e. The van der Waals surface area contributed by atoms with Crippen molar-refractivity contribution in [3.05, 3.63) is 28.8 Å². The van der Waals surface area contributed by atoms with Gasteiger partial charge in [-0.15, -0.1) is 0 Å². The Balaban J connectivity index is 2.07. The van der Waals surface area contributed by atoms with E-state index in [4.69, 9.17) is 29.0 Å². The highest BCUT2D eigenvalue weighted by molar-refractivity contribution is 7.80. The van der Waals surface area contributed by atoms with Crippen LogP contribution in [-0.2, 0) is 11.0 Å². The summed E-state index contributed by atoms with van der Waals surface area (Å²) in [5, 5.41) is 11.4. The van der Waals surface area contributed by atoms with Gasteiger partial charge in [0.15, 0.2) is 5.11 Å². The Morgan fingerprint density at radius 3 is 2.58 bits per heavy atom. The van der Waals surface area contributed by atoms with E-state index in [1.165, 1.54) is 0 Å². The molecule has 0 saturated carbocycles. The number of likely N-dealkylation sites (tertiary alicyclic amines) is 1. The Kier molecular flexibility index (Phi) is 6.79. The maximum atomic E-state index is 12.8. The molecule has 0 bridgehead atoms. The van der Waals surface area contributed by atoms with Crippen LogP contribution in [0.2, 0.25) is 5.02 Å². The quantitative estimate of drug-likeness (QED) is 0.309. The second-order valence-corrected chi connectivity index (χ2v) is 6.35. The van der Waals surface area contributed by atoms with Gasteiger partial charge in [-0.2, -0.15) is 13.2 Å². The summed E-state index contributed by atoms with van der Waals surface area (Å²) in [5.41, 5.74) is 0.799. The fraction of sp³-hybridized carbons (Fsp3) is 0.400. The molecule has 0 aliphatic carbocycles. The van der Waals surface area contributed by atoms with Gasteiger partial charge in [0, 0.05) is 13.1 Å². The first-order valence-electron chi connectivity index (χ1n) is 7.64. The first-order chi connectivity index (χ1) is 12.2. The molecule has 1 aliphatic heterocycles. The smallest absolute Gasteiger partial charge is 0.342 e. The minimum absolute atomic E-state index is 0.0159. The molecule has 6 nitrogen and oxygen atoms in total. The van der Waals surface area contributed by atoms with Crippen molar-refractivity contribution in [1.29, 1.82) is 0 Å². The predicted octanol–water partition coefficient (Wildman–Crippen LogP) is 3.45. The van der Waals surface area contributed by atoms with Crippen molar-refractivity contribution in [2.24, 2.45) is 4.99 Å². The number of carbonyl (C=O) groups excluding carboxylic acids is 1. The van der Waals surface area contributed by atoms with Crippen molar-refractivity contribution in [3.63, 3.8) is 0 Å². The number of hydrogen-bond donors (Lipinski definition) is 3. The molecule has 1 saturated heterocycles. The third kappa shape index (κ3) is 5.55. The average molecular weight is 409 g/mol. The number of nitrogens with one attached hydrogen (secondary N) is 2. The fourth-order valence-corrected chi connectivity index (χ4v) is 2.77. The number of nitrogens with zero attached hydrogens (tertiary/aromatic N) is 2. The molecular weight excluding hydrogens is 393 g/mol. The number of halogens is 4. The molecule has 142 valence electrons. The van der Waals surface area contributed by atoms with Gasteiger partial charge in [0.05, 0.1) is 22.7 Å². The van der Waals surface area contributed by atoms with Crippen molar-refractivity contribution >= 4 is 46.4 Å². The molecule has 11 heteroatoms. The van der Waals surface area contributed by atoms with E-state index < -0.39 is 11.7 Å². The van der Waals surface area contributed by atoms with Crippen LogP contribution in [0, 0.1) is 0 Å². The molecule has 0 atom stereocenters. The lowest BCUT2D eigenvalue weighted by Gasteiger charge is -2.16. The summed E-state index contributed by atoms with van der Waals surface area (Å²) in [7, 11) is 0. The Morgan fingerprint density at radius 2 is 2.00 bits per heavy atom. The summed E-state index contributed by atoms with van der Waals surface area (Å²) >= 11 is 10.8. The maximum absolute atomic E-state index is 12.8. The molecule has 1 fully saturated rings. The lowest BCUT2D eigenvalue weighted by atomic mass is 10.2. The molecule has 0 spiro atoms. The lowest BCUT2D eigenvalue weighted by Crippen LogP contribution is -2.33. The Morgan fingerprint density at radius 1 is 1.35 bits per heavy atom. The van der Waals surface area contributed by atoms with E-state index in [2.05, 4.69) is 10.3 Å². The molecule has 1 heterocycles. The Labute approximate surface area is 158 Å². The molecular formula is C15H16ClF3N4O2S. The third-order valence-corrected chi connectivity index (χ3v) is 4.20. The number of hydrogen-bond acceptors (Lipinski definition) is 3. The molecule has 1 amide bonds. The van der Waals surface area contributed by atoms with Crippen LogP contribution in [0.3, 0.4) is 0 Å². The number of benzene rings is 1. The summed E-state index contributed by atoms with van der Waals surface area (Å²) in [6.07, 6.45) is -2.92. The number of carbonyl (C=O) groups is 1. The van der Waals surface area contributed by atoms with Crippen LogP contribution < -0.4 is 10.8 Å². The number of anilines is 1. The number of thiocarbonyl (C=S) groups is 1. The standard InChI is InChI=1S/C15H16ClF3N4O2S/c16-10-4-3-9(15(17,18)19)7-11(10)20-14(26)21-12(22-25)8-13(24)23-5-1-2-6-23/h3-4,7,25H,1-2,5-6,8H2,(H2,20,21,22,26). The highest BCUT2D eigenvalue weighted by Crippen LogP contribution is 2.33. The van der Waals surface area contributed by atoms with Crippen LogP contribution in [-0.4, -0.2) is 40.1 Å². The van der Waals surface area contributed by atoms with Crippen LogP contribution in [0.4, 0.5) is 18.9 Å². The van der Waals surface area contributed by atoms with Crippen LogP contribution >= 0.6 is 23.8 Å². The van der Waals surface area contributed by atoms with Crippen LogP contribution in [0.5, 0.6) is 0 Å². The van der Waals surface area contributed by atoms with Gasteiger partial charge in [0.1, 0.15) is 5.84 Å². The number of rotatable bonds is 3. The van der Waals surface area contributed by atoms with Crippen molar-refractivity contribution < 1.29 is 23.2 Å². The van der Waals surface area contributed by atoms with Crippen molar-refractivity contribution in [2.45, 2.75) is 25.4 Å². The van der Waals surface area contributed by atoms with Gasteiger partial charge < -0.3 is 10.2 Å². The zero-order chi connectivity index (χ0) is 19.3. The summed E-state index contributed by atoms with van der Waals surface area (Å²) in [4.78, 5) is 17.5. The highest BCUT2D eigenvalue weighted by Gasteiger charge is 2.31. The number of hydroxylamine groups is 1. The Bertz CT molecular complexity index is 721. The SMILES string of the molecule is O=C(CC(=NC(=S)Nc1cc(C(F)(F)F)ccc1Cl)NO)N1CCCC1. The molecule has 0 radical (unpaired) electrons. The molecule has 0 unspecified atom stereocenters. The molecule has 0 aromatic heterocycles. The molecule has 26 heavy (non-hydrogen) atoms.